The third-order valence-corrected chi connectivity index (χ3v) is 4.85. The SMILES string of the molecule is O=C(Nc1cc(NC(=O)C2CC2(Cl)Cl)ccc1Cl)c1cnc(F)c(F)c1. The molecule has 1 aliphatic carbocycles. The normalized spacial score (nSPS) is 17.5. The number of hydrogen-bond donors (Lipinski definition) is 2. The summed E-state index contributed by atoms with van der Waals surface area (Å²) in [6, 6.07) is 5.11. The number of pyridine rings is 1. The minimum absolute atomic E-state index is 0.165. The molecule has 1 aliphatic rings. The highest BCUT2D eigenvalue weighted by molar-refractivity contribution is 6.52. The molecule has 26 heavy (non-hydrogen) atoms. The topological polar surface area (TPSA) is 71.1 Å². The quantitative estimate of drug-likeness (QED) is 0.569. The van der Waals surface area contributed by atoms with E-state index in [1.807, 2.05) is 0 Å². The van der Waals surface area contributed by atoms with E-state index in [1.54, 1.807) is 0 Å². The lowest BCUT2D eigenvalue weighted by Crippen LogP contribution is -2.17. The van der Waals surface area contributed by atoms with E-state index in [2.05, 4.69) is 15.6 Å². The number of rotatable bonds is 4. The summed E-state index contributed by atoms with van der Waals surface area (Å²) in [4.78, 5) is 27.3. The molecular weight excluding hydrogens is 411 g/mol. The summed E-state index contributed by atoms with van der Waals surface area (Å²) in [5.74, 6) is -4.18. The van der Waals surface area contributed by atoms with E-state index >= 15 is 0 Å². The second-order valence-electron chi connectivity index (χ2n) is 5.65. The van der Waals surface area contributed by atoms with Crippen LogP contribution in [0, 0.1) is 17.7 Å². The molecule has 0 bridgehead atoms. The van der Waals surface area contributed by atoms with E-state index in [4.69, 9.17) is 34.8 Å². The lowest BCUT2D eigenvalue weighted by Gasteiger charge is -2.11. The second kappa shape index (κ2) is 6.98. The van der Waals surface area contributed by atoms with Gasteiger partial charge in [-0.05, 0) is 30.7 Å². The van der Waals surface area contributed by atoms with Crippen LogP contribution in [0.2, 0.25) is 5.02 Å². The van der Waals surface area contributed by atoms with Crippen molar-refractivity contribution in [3.63, 3.8) is 0 Å². The molecule has 136 valence electrons. The van der Waals surface area contributed by atoms with Crippen molar-refractivity contribution in [2.45, 2.75) is 10.8 Å². The van der Waals surface area contributed by atoms with Crippen LogP contribution >= 0.6 is 34.8 Å². The van der Waals surface area contributed by atoms with Crippen molar-refractivity contribution in [3.8, 4) is 0 Å². The number of hydrogen-bond acceptors (Lipinski definition) is 3. The molecule has 3 rings (SSSR count). The minimum atomic E-state index is -1.31. The van der Waals surface area contributed by atoms with Crippen LogP contribution in [0.3, 0.4) is 0 Å². The Hall–Kier alpha value is -1.96. The Morgan fingerprint density at radius 1 is 1.19 bits per heavy atom. The van der Waals surface area contributed by atoms with Crippen LogP contribution in [0.25, 0.3) is 0 Å². The molecule has 1 aromatic heterocycles. The summed E-state index contributed by atoms with van der Waals surface area (Å²) >= 11 is 17.7. The molecule has 1 saturated carbocycles. The molecule has 0 spiro atoms. The Morgan fingerprint density at radius 3 is 2.50 bits per heavy atom. The number of amides is 2. The zero-order valence-corrected chi connectivity index (χ0v) is 15.1. The van der Waals surface area contributed by atoms with Crippen LogP contribution in [0.4, 0.5) is 20.2 Å². The molecule has 5 nitrogen and oxygen atoms in total. The predicted molar refractivity (Wildman–Crippen MR) is 94.7 cm³/mol. The van der Waals surface area contributed by atoms with Crippen molar-refractivity contribution in [1.82, 2.24) is 4.98 Å². The molecule has 1 atom stereocenters. The minimum Gasteiger partial charge on any atom is -0.326 e. The molecule has 0 aliphatic heterocycles. The van der Waals surface area contributed by atoms with E-state index in [-0.39, 0.29) is 22.2 Å². The van der Waals surface area contributed by atoms with Gasteiger partial charge in [0.2, 0.25) is 11.9 Å². The van der Waals surface area contributed by atoms with E-state index < -0.39 is 27.9 Å². The molecular formula is C16H10Cl3F2N3O2. The van der Waals surface area contributed by atoms with Gasteiger partial charge in [0.1, 0.15) is 4.33 Å². The van der Waals surface area contributed by atoms with Gasteiger partial charge in [-0.15, -0.1) is 23.2 Å². The summed E-state index contributed by atoms with van der Waals surface area (Å²) in [5.41, 5.74) is 0.327. The number of carbonyl (C=O) groups is 2. The van der Waals surface area contributed by atoms with Gasteiger partial charge in [0.15, 0.2) is 5.82 Å². The van der Waals surface area contributed by atoms with Gasteiger partial charge >= 0.3 is 0 Å². The first-order chi connectivity index (χ1) is 12.2. The first-order valence-corrected chi connectivity index (χ1v) is 8.41. The number of aromatic nitrogens is 1. The number of carbonyl (C=O) groups excluding carboxylic acids is 2. The smallest absolute Gasteiger partial charge is 0.257 e. The largest absolute Gasteiger partial charge is 0.326 e. The Kier molecular flexibility index (Phi) is 5.05. The number of anilines is 2. The van der Waals surface area contributed by atoms with Crippen molar-refractivity contribution >= 4 is 58.0 Å². The average Bonchev–Trinajstić information content (AvgIpc) is 3.22. The fourth-order valence-electron chi connectivity index (χ4n) is 2.17. The van der Waals surface area contributed by atoms with Crippen molar-refractivity contribution in [3.05, 3.63) is 52.8 Å². The van der Waals surface area contributed by atoms with Crippen LogP contribution in [-0.2, 0) is 4.79 Å². The number of benzene rings is 1. The Morgan fingerprint density at radius 2 is 1.88 bits per heavy atom. The molecule has 1 aromatic carbocycles. The number of nitrogens with one attached hydrogen (secondary N) is 2. The van der Waals surface area contributed by atoms with Crippen molar-refractivity contribution in [2.75, 3.05) is 10.6 Å². The zero-order chi connectivity index (χ0) is 19.1. The van der Waals surface area contributed by atoms with Gasteiger partial charge in [0.25, 0.3) is 5.91 Å². The third-order valence-electron chi connectivity index (χ3n) is 3.68. The first kappa shape index (κ1) is 18.8. The van der Waals surface area contributed by atoms with E-state index in [0.717, 1.165) is 6.20 Å². The summed E-state index contributed by atoms with van der Waals surface area (Å²) in [6.45, 7) is 0. The van der Waals surface area contributed by atoms with Crippen LogP contribution in [0.1, 0.15) is 16.8 Å². The van der Waals surface area contributed by atoms with E-state index in [0.29, 0.717) is 18.2 Å². The van der Waals surface area contributed by atoms with Gasteiger partial charge < -0.3 is 10.6 Å². The number of alkyl halides is 2. The maximum absolute atomic E-state index is 13.2. The second-order valence-corrected chi connectivity index (χ2v) is 7.60. The molecule has 10 heteroatoms. The zero-order valence-electron chi connectivity index (χ0n) is 12.8. The maximum Gasteiger partial charge on any atom is 0.257 e. The Labute approximate surface area is 161 Å². The molecule has 0 saturated heterocycles. The molecule has 0 radical (unpaired) electrons. The van der Waals surface area contributed by atoms with Gasteiger partial charge in [-0.25, -0.2) is 9.37 Å². The molecule has 1 unspecified atom stereocenters. The number of halogens is 5. The highest BCUT2D eigenvalue weighted by atomic mass is 35.5. The summed E-state index contributed by atoms with van der Waals surface area (Å²) in [6.07, 6.45) is 1.24. The fourth-order valence-corrected chi connectivity index (χ4v) is 2.84. The highest BCUT2D eigenvalue weighted by Crippen LogP contribution is 2.53. The maximum atomic E-state index is 13.2. The Balaban J connectivity index is 1.74. The fraction of sp³-hybridized carbons (Fsp3) is 0.188. The molecule has 2 N–H and O–H groups in total. The van der Waals surface area contributed by atoms with Crippen LogP contribution in [-0.4, -0.2) is 21.1 Å². The summed E-state index contributed by atoms with van der Waals surface area (Å²) in [5, 5.41) is 5.24. The number of nitrogens with zero attached hydrogens (tertiary/aromatic N) is 1. The van der Waals surface area contributed by atoms with Crippen LogP contribution in [0.15, 0.2) is 30.5 Å². The van der Waals surface area contributed by atoms with Crippen LogP contribution < -0.4 is 10.6 Å². The molecule has 1 fully saturated rings. The van der Waals surface area contributed by atoms with Crippen molar-refractivity contribution < 1.29 is 18.4 Å². The molecule has 1 heterocycles. The summed E-state index contributed by atoms with van der Waals surface area (Å²) in [7, 11) is 0. The van der Waals surface area contributed by atoms with Gasteiger partial charge in [-0.1, -0.05) is 11.6 Å². The lowest BCUT2D eigenvalue weighted by molar-refractivity contribution is -0.117. The van der Waals surface area contributed by atoms with Gasteiger partial charge in [0, 0.05) is 11.9 Å². The van der Waals surface area contributed by atoms with E-state index in [1.165, 1.54) is 18.2 Å². The predicted octanol–water partition coefficient (Wildman–Crippen LogP) is 4.40. The lowest BCUT2D eigenvalue weighted by atomic mass is 10.2. The monoisotopic (exact) mass is 419 g/mol. The standard InChI is InChI=1S/C16H10Cl3F2N3O2/c17-10-2-1-8(23-15(26)9-5-16(9,18)19)4-12(10)24-14(25)7-3-11(20)13(21)22-6-7/h1-4,6,9H,5H2,(H,23,26)(H,24,25). The molecule has 2 aromatic rings. The first-order valence-electron chi connectivity index (χ1n) is 7.28. The average molecular weight is 421 g/mol. The van der Waals surface area contributed by atoms with Gasteiger partial charge in [-0.3, -0.25) is 9.59 Å². The Bertz CT molecular complexity index is 908. The van der Waals surface area contributed by atoms with E-state index in [9.17, 15) is 18.4 Å². The third kappa shape index (κ3) is 4.06. The van der Waals surface area contributed by atoms with Gasteiger partial charge in [-0.2, -0.15) is 4.39 Å². The molecule has 2 amide bonds. The summed E-state index contributed by atoms with van der Waals surface area (Å²) < 4.78 is 25.0. The highest BCUT2D eigenvalue weighted by Gasteiger charge is 2.56. The van der Waals surface area contributed by atoms with Gasteiger partial charge in [0.05, 0.1) is 22.2 Å². The van der Waals surface area contributed by atoms with Crippen molar-refractivity contribution in [1.29, 1.82) is 0 Å². The van der Waals surface area contributed by atoms with Crippen molar-refractivity contribution in [2.24, 2.45) is 5.92 Å². The van der Waals surface area contributed by atoms with Crippen LogP contribution in [0.5, 0.6) is 0 Å².